The molecule has 0 saturated heterocycles. The van der Waals surface area contributed by atoms with Gasteiger partial charge in [-0.2, -0.15) is 0 Å². The van der Waals surface area contributed by atoms with Crippen LogP contribution in [0.5, 0.6) is 0 Å². The first kappa shape index (κ1) is 18.8. The first-order chi connectivity index (χ1) is 12.1. The van der Waals surface area contributed by atoms with Crippen molar-refractivity contribution in [1.29, 1.82) is 0 Å². The zero-order chi connectivity index (χ0) is 18.1. The van der Waals surface area contributed by atoms with Gasteiger partial charge in [-0.3, -0.25) is 0 Å². The van der Waals surface area contributed by atoms with E-state index in [0.29, 0.717) is 6.61 Å². The van der Waals surface area contributed by atoms with Crippen molar-refractivity contribution in [3.8, 4) is 11.8 Å². The molecule has 128 valence electrons. The molecule has 0 fully saturated rings. The molecule has 0 aliphatic carbocycles. The van der Waals surface area contributed by atoms with Crippen LogP contribution in [-0.2, 0) is 16.3 Å². The quantitative estimate of drug-likeness (QED) is 0.416. The number of benzene rings is 2. The van der Waals surface area contributed by atoms with Gasteiger partial charge >= 0.3 is 0 Å². The van der Waals surface area contributed by atoms with Gasteiger partial charge in [0, 0.05) is 21.2 Å². The fraction of sp³-hybridized carbons (Fsp3) is 0.200. The van der Waals surface area contributed by atoms with Gasteiger partial charge in [0.2, 0.25) is 0 Å². The number of oxime groups is 2. The van der Waals surface area contributed by atoms with E-state index in [4.69, 9.17) is 9.68 Å². The van der Waals surface area contributed by atoms with E-state index in [1.165, 1.54) is 13.3 Å². The molecule has 25 heavy (non-hydrogen) atoms. The van der Waals surface area contributed by atoms with Crippen LogP contribution in [0.15, 0.2) is 57.2 Å². The molecule has 0 unspecified atom stereocenters. The normalized spacial score (nSPS) is 11.1. The van der Waals surface area contributed by atoms with Gasteiger partial charge in [0.25, 0.3) is 0 Å². The molecular weight excluding hydrogens is 380 g/mol. The van der Waals surface area contributed by atoms with E-state index in [1.54, 1.807) is 0 Å². The van der Waals surface area contributed by atoms with E-state index in [1.807, 2.05) is 56.3 Å². The monoisotopic (exact) mass is 398 g/mol. The Morgan fingerprint density at radius 3 is 2.80 bits per heavy atom. The van der Waals surface area contributed by atoms with Crippen LogP contribution < -0.4 is 0 Å². The molecule has 0 aromatic heterocycles. The van der Waals surface area contributed by atoms with E-state index in [2.05, 4.69) is 38.1 Å². The van der Waals surface area contributed by atoms with Crippen molar-refractivity contribution in [3.05, 3.63) is 69.2 Å². The largest absolute Gasteiger partial charge is 0.399 e. The second-order valence-electron chi connectivity index (χ2n) is 5.25. The van der Waals surface area contributed by atoms with Crippen molar-refractivity contribution in [1.82, 2.24) is 0 Å². The van der Waals surface area contributed by atoms with Crippen LogP contribution in [0.2, 0.25) is 0 Å². The van der Waals surface area contributed by atoms with E-state index in [0.717, 1.165) is 32.4 Å². The first-order valence-electron chi connectivity index (χ1n) is 7.69. The number of aryl methyl sites for hydroxylation is 1. The maximum absolute atomic E-state index is 5.39. The van der Waals surface area contributed by atoms with Crippen LogP contribution in [0, 0.1) is 18.8 Å². The lowest BCUT2D eigenvalue weighted by atomic mass is 10.00. The third-order valence-electron chi connectivity index (χ3n) is 3.47. The average molecular weight is 399 g/mol. The highest BCUT2D eigenvalue weighted by Gasteiger charge is 2.09. The lowest BCUT2D eigenvalue weighted by Crippen LogP contribution is -2.04. The first-order valence-corrected chi connectivity index (χ1v) is 8.48. The number of rotatable bonds is 5. The second-order valence-corrected chi connectivity index (χ2v) is 6.16. The highest BCUT2D eigenvalue weighted by Crippen LogP contribution is 2.17. The Bertz CT molecular complexity index is 848. The van der Waals surface area contributed by atoms with Crippen molar-refractivity contribution in [3.63, 3.8) is 0 Å². The molecule has 0 aliphatic heterocycles. The molecule has 0 N–H and O–H groups in total. The minimum atomic E-state index is 0.341. The summed E-state index contributed by atoms with van der Waals surface area (Å²) in [6, 6.07) is 13.8. The van der Waals surface area contributed by atoms with Crippen molar-refractivity contribution < 1.29 is 9.68 Å². The summed E-state index contributed by atoms with van der Waals surface area (Å²) in [7, 11) is 1.53. The fourth-order valence-corrected chi connectivity index (χ4v) is 2.67. The number of halogens is 1. The predicted molar refractivity (Wildman–Crippen MR) is 105 cm³/mol. The molecule has 0 saturated carbocycles. The molecule has 0 spiro atoms. The summed E-state index contributed by atoms with van der Waals surface area (Å²) in [4.78, 5) is 10.2. The second kappa shape index (κ2) is 9.65. The Kier molecular flexibility index (Phi) is 7.24. The summed E-state index contributed by atoms with van der Waals surface area (Å²) >= 11 is 3.41. The molecule has 0 atom stereocenters. The Morgan fingerprint density at radius 2 is 2.04 bits per heavy atom. The SMILES string of the molecule is CO/N=C(/C)c1cccc(C)c1CO/N=C/C#Cc1cccc(Br)c1. The standard InChI is InChI=1S/C20H19BrN2O2/c1-15-7-4-11-19(16(2)23-24-3)20(15)14-25-22-12-6-9-17-8-5-10-18(21)13-17/h4-5,7-8,10-13H,14H2,1-3H3/b22-12+,23-16-. The van der Waals surface area contributed by atoms with Crippen molar-refractivity contribution >= 4 is 27.9 Å². The molecule has 2 aromatic carbocycles. The topological polar surface area (TPSA) is 43.2 Å². The number of hydrogen-bond acceptors (Lipinski definition) is 4. The van der Waals surface area contributed by atoms with Crippen molar-refractivity contribution in [2.24, 2.45) is 10.3 Å². The minimum Gasteiger partial charge on any atom is -0.399 e. The third kappa shape index (κ3) is 5.77. The maximum atomic E-state index is 5.39. The van der Waals surface area contributed by atoms with Gasteiger partial charge in [0.15, 0.2) is 0 Å². The van der Waals surface area contributed by atoms with Gasteiger partial charge in [0.1, 0.15) is 19.9 Å². The Morgan fingerprint density at radius 1 is 1.24 bits per heavy atom. The molecule has 2 aromatic rings. The lowest BCUT2D eigenvalue weighted by Gasteiger charge is -2.10. The molecule has 4 nitrogen and oxygen atoms in total. The van der Waals surface area contributed by atoms with E-state index >= 15 is 0 Å². The molecule has 2 rings (SSSR count). The molecule has 5 heteroatoms. The van der Waals surface area contributed by atoms with Gasteiger partial charge < -0.3 is 9.68 Å². The molecular formula is C20H19BrN2O2. The average Bonchev–Trinajstić information content (AvgIpc) is 2.59. The van der Waals surface area contributed by atoms with Crippen LogP contribution in [0.4, 0.5) is 0 Å². The van der Waals surface area contributed by atoms with Crippen LogP contribution in [-0.4, -0.2) is 19.0 Å². The van der Waals surface area contributed by atoms with E-state index in [9.17, 15) is 0 Å². The summed E-state index contributed by atoms with van der Waals surface area (Å²) in [5.74, 6) is 5.85. The summed E-state index contributed by atoms with van der Waals surface area (Å²) in [6.07, 6.45) is 1.45. The van der Waals surface area contributed by atoms with E-state index in [-0.39, 0.29) is 0 Å². The fourth-order valence-electron chi connectivity index (χ4n) is 2.27. The minimum absolute atomic E-state index is 0.341. The predicted octanol–water partition coefficient (Wildman–Crippen LogP) is 4.68. The highest BCUT2D eigenvalue weighted by atomic mass is 79.9. The lowest BCUT2D eigenvalue weighted by molar-refractivity contribution is 0.132. The highest BCUT2D eigenvalue weighted by molar-refractivity contribution is 9.10. The summed E-state index contributed by atoms with van der Waals surface area (Å²) in [5, 5.41) is 7.90. The summed E-state index contributed by atoms with van der Waals surface area (Å²) < 4.78 is 0.993. The van der Waals surface area contributed by atoms with Gasteiger partial charge in [-0.1, -0.05) is 56.4 Å². The van der Waals surface area contributed by atoms with Gasteiger partial charge in [-0.25, -0.2) is 0 Å². The smallest absolute Gasteiger partial charge is 0.143 e. The molecule has 0 amide bonds. The van der Waals surface area contributed by atoms with Crippen LogP contribution in [0.25, 0.3) is 0 Å². The number of nitrogens with zero attached hydrogens (tertiary/aromatic N) is 2. The van der Waals surface area contributed by atoms with Crippen LogP contribution >= 0.6 is 15.9 Å². The van der Waals surface area contributed by atoms with Crippen molar-refractivity contribution in [2.75, 3.05) is 7.11 Å². The van der Waals surface area contributed by atoms with Crippen LogP contribution in [0.1, 0.15) is 29.2 Å². The zero-order valence-electron chi connectivity index (χ0n) is 14.4. The van der Waals surface area contributed by atoms with Gasteiger partial charge in [-0.15, -0.1) is 0 Å². The molecule has 0 radical (unpaired) electrons. The molecule has 0 bridgehead atoms. The number of hydrogen-bond donors (Lipinski definition) is 0. The summed E-state index contributed by atoms with van der Waals surface area (Å²) in [6.45, 7) is 4.27. The van der Waals surface area contributed by atoms with Gasteiger partial charge in [-0.05, 0) is 43.5 Å². The maximum Gasteiger partial charge on any atom is 0.143 e. The summed E-state index contributed by atoms with van der Waals surface area (Å²) in [5.41, 5.74) is 4.82. The third-order valence-corrected chi connectivity index (χ3v) is 3.96. The van der Waals surface area contributed by atoms with Gasteiger partial charge in [0.05, 0.1) is 5.71 Å². The Labute approximate surface area is 156 Å². The Hall–Kier alpha value is -2.58. The molecule has 0 heterocycles. The van der Waals surface area contributed by atoms with Crippen molar-refractivity contribution in [2.45, 2.75) is 20.5 Å². The Balaban J connectivity index is 2.02. The zero-order valence-corrected chi connectivity index (χ0v) is 16.0. The van der Waals surface area contributed by atoms with E-state index < -0.39 is 0 Å². The molecule has 0 aliphatic rings. The van der Waals surface area contributed by atoms with Crippen LogP contribution in [0.3, 0.4) is 0 Å².